The number of allylic oxidation sites excluding steroid dienone is 3. The Kier molecular flexibility index (Phi) is 6.67. The predicted molar refractivity (Wildman–Crippen MR) is 134 cm³/mol. The highest BCUT2D eigenvalue weighted by Crippen LogP contribution is 2.48. The molecule has 2 aliphatic carbocycles. The molecule has 2 N–H and O–H groups in total. The van der Waals surface area contributed by atoms with Gasteiger partial charge in [0, 0.05) is 30.8 Å². The number of anilines is 1. The second kappa shape index (κ2) is 9.63. The molecule has 1 aliphatic heterocycles. The quantitative estimate of drug-likeness (QED) is 0.537. The van der Waals surface area contributed by atoms with Gasteiger partial charge < -0.3 is 10.5 Å². The van der Waals surface area contributed by atoms with E-state index in [1.807, 2.05) is 11.2 Å². The normalized spacial score (nSPS) is 21.3. The Hall–Kier alpha value is -2.72. The van der Waals surface area contributed by atoms with Crippen molar-refractivity contribution in [1.82, 2.24) is 9.73 Å². The van der Waals surface area contributed by atoms with Crippen molar-refractivity contribution in [1.29, 1.82) is 0 Å². The Labute approximate surface area is 214 Å². The number of fused-ring (bicyclic) bond motifs is 1. The molecule has 0 saturated heterocycles. The lowest BCUT2D eigenvalue weighted by Crippen LogP contribution is -2.38. The van der Waals surface area contributed by atoms with Crippen LogP contribution in [0.4, 0.5) is 14.5 Å². The van der Waals surface area contributed by atoms with Gasteiger partial charge in [-0.1, -0.05) is 24.1 Å². The molecule has 0 spiro atoms. The maximum absolute atomic E-state index is 13.6. The van der Waals surface area contributed by atoms with Crippen LogP contribution in [0, 0.1) is 23.5 Å². The molecule has 0 radical (unpaired) electrons. The molecule has 2 atom stereocenters. The Bertz CT molecular complexity index is 1390. The van der Waals surface area contributed by atoms with Gasteiger partial charge in [-0.05, 0) is 72.9 Å². The molecule has 3 aliphatic rings. The lowest BCUT2D eigenvalue weighted by Gasteiger charge is -2.32. The minimum absolute atomic E-state index is 0.0363. The van der Waals surface area contributed by atoms with E-state index in [-0.39, 0.29) is 47.3 Å². The van der Waals surface area contributed by atoms with Crippen molar-refractivity contribution in [2.24, 2.45) is 11.8 Å². The summed E-state index contributed by atoms with van der Waals surface area (Å²) in [5, 5.41) is 11.3. The van der Waals surface area contributed by atoms with Gasteiger partial charge >= 0.3 is 0 Å². The van der Waals surface area contributed by atoms with E-state index < -0.39 is 15.8 Å². The molecule has 0 saturated carbocycles. The molecule has 36 heavy (non-hydrogen) atoms. The van der Waals surface area contributed by atoms with E-state index in [1.54, 1.807) is 12.1 Å². The summed E-state index contributed by atoms with van der Waals surface area (Å²) in [5.41, 5.74) is 8.50. The van der Waals surface area contributed by atoms with Gasteiger partial charge in [0.05, 0.1) is 27.9 Å². The summed E-state index contributed by atoms with van der Waals surface area (Å²) in [5.74, 6) is -0.983. The molecule has 1 heterocycles. The molecule has 0 amide bonds. The molecule has 0 bridgehead atoms. The molecule has 5 rings (SSSR count). The van der Waals surface area contributed by atoms with Crippen LogP contribution in [0.5, 0.6) is 0 Å². The number of sulfonamides is 1. The van der Waals surface area contributed by atoms with Gasteiger partial charge in [-0.25, -0.2) is 17.2 Å². The van der Waals surface area contributed by atoms with Gasteiger partial charge in [-0.3, -0.25) is 5.01 Å². The van der Waals surface area contributed by atoms with Gasteiger partial charge in [-0.2, -0.15) is 4.31 Å². The van der Waals surface area contributed by atoms with Gasteiger partial charge in [0.1, 0.15) is 11.6 Å². The molecule has 0 aromatic heterocycles. The first-order valence-corrected chi connectivity index (χ1v) is 13.6. The molecule has 2 aromatic rings. The van der Waals surface area contributed by atoms with Crippen molar-refractivity contribution in [3.8, 4) is 0 Å². The van der Waals surface area contributed by atoms with Crippen molar-refractivity contribution < 1.29 is 22.3 Å². The van der Waals surface area contributed by atoms with Crippen molar-refractivity contribution in [2.75, 3.05) is 24.7 Å². The van der Waals surface area contributed by atoms with Gasteiger partial charge in [-0.15, -0.1) is 0 Å². The average molecular weight is 534 g/mol. The molecule has 6 nitrogen and oxygen atoms in total. The Morgan fingerprint density at radius 2 is 1.94 bits per heavy atom. The standard InChI is InChI=1S/C26H26ClF2N3O3S/c1-16-22-14-30-32(20-6-4-19(28)5-7-20)25(22)12-17-2-3-18(26(16)17)15-31(10-11-33)36(34,35)21-8-9-24(29)23(27)13-21/h4-9,12-14,16,18,30,33H,2-3,10-11,15H2,1H3/t16-,18+/m0/s1. The zero-order chi connectivity index (χ0) is 25.6. The summed E-state index contributed by atoms with van der Waals surface area (Å²) >= 11 is 5.84. The number of hydrogen-bond donors (Lipinski definition) is 2. The first-order valence-electron chi connectivity index (χ1n) is 11.7. The highest BCUT2D eigenvalue weighted by atomic mass is 35.5. The average Bonchev–Trinajstić information content (AvgIpc) is 3.46. The van der Waals surface area contributed by atoms with Crippen LogP contribution in [-0.2, 0) is 10.0 Å². The molecular formula is C26H26ClF2N3O3S. The van der Waals surface area contributed by atoms with E-state index in [0.29, 0.717) is 0 Å². The van der Waals surface area contributed by atoms with Crippen LogP contribution < -0.4 is 10.4 Å². The fourth-order valence-electron chi connectivity index (χ4n) is 5.36. The predicted octanol–water partition coefficient (Wildman–Crippen LogP) is 4.75. The fourth-order valence-corrected chi connectivity index (χ4v) is 7.11. The van der Waals surface area contributed by atoms with E-state index in [2.05, 4.69) is 18.4 Å². The number of nitrogens with one attached hydrogen (secondary N) is 1. The molecule has 0 unspecified atom stereocenters. The lowest BCUT2D eigenvalue weighted by atomic mass is 9.80. The van der Waals surface area contributed by atoms with Crippen molar-refractivity contribution in [2.45, 2.75) is 24.7 Å². The largest absolute Gasteiger partial charge is 0.395 e. The van der Waals surface area contributed by atoms with Crippen LogP contribution in [-0.4, -0.2) is 37.5 Å². The summed E-state index contributed by atoms with van der Waals surface area (Å²) in [7, 11) is -3.99. The topological polar surface area (TPSA) is 72.9 Å². The van der Waals surface area contributed by atoms with Crippen LogP contribution in [0.1, 0.15) is 19.8 Å². The second-order valence-electron chi connectivity index (χ2n) is 9.17. The summed E-state index contributed by atoms with van der Waals surface area (Å²) in [6.45, 7) is 1.89. The van der Waals surface area contributed by atoms with Crippen LogP contribution in [0.3, 0.4) is 0 Å². The number of halogens is 3. The Balaban J connectivity index is 1.43. The molecule has 190 valence electrons. The fraction of sp³-hybridized carbons (Fsp3) is 0.308. The molecular weight excluding hydrogens is 508 g/mol. The SMILES string of the molecule is C[C@H]1C2=CNN(c3ccc(F)cc3)C2=CC2=C1[C@@H](CN(CCO)S(=O)(=O)c1ccc(F)c(Cl)c1)CC2. The smallest absolute Gasteiger partial charge is 0.243 e. The molecule has 0 fully saturated rings. The summed E-state index contributed by atoms with van der Waals surface area (Å²) in [6, 6.07) is 9.59. The summed E-state index contributed by atoms with van der Waals surface area (Å²) in [6.07, 6.45) is 5.63. The minimum Gasteiger partial charge on any atom is -0.395 e. The number of rotatable bonds is 7. The van der Waals surface area contributed by atoms with E-state index in [4.69, 9.17) is 11.6 Å². The highest BCUT2D eigenvalue weighted by Gasteiger charge is 2.40. The van der Waals surface area contributed by atoms with Crippen LogP contribution in [0.25, 0.3) is 0 Å². The number of hydrogen-bond acceptors (Lipinski definition) is 5. The third kappa shape index (κ3) is 4.34. The van der Waals surface area contributed by atoms with E-state index in [0.717, 1.165) is 41.9 Å². The van der Waals surface area contributed by atoms with Gasteiger partial charge in [0.15, 0.2) is 0 Å². The zero-order valence-corrected chi connectivity index (χ0v) is 21.2. The maximum Gasteiger partial charge on any atom is 0.243 e. The monoisotopic (exact) mass is 533 g/mol. The summed E-state index contributed by atoms with van der Waals surface area (Å²) < 4.78 is 55.1. The van der Waals surface area contributed by atoms with Crippen LogP contribution in [0.2, 0.25) is 5.02 Å². The first-order chi connectivity index (χ1) is 17.2. The van der Waals surface area contributed by atoms with Gasteiger partial charge in [0.2, 0.25) is 10.0 Å². The lowest BCUT2D eigenvalue weighted by molar-refractivity contribution is 0.243. The zero-order valence-electron chi connectivity index (χ0n) is 19.6. The van der Waals surface area contributed by atoms with Crippen LogP contribution in [0.15, 0.2) is 82.1 Å². The first kappa shape index (κ1) is 25.0. The third-order valence-corrected chi connectivity index (χ3v) is 9.24. The minimum atomic E-state index is -3.99. The van der Waals surface area contributed by atoms with Crippen LogP contribution >= 0.6 is 11.6 Å². The van der Waals surface area contributed by atoms with E-state index in [1.165, 1.54) is 33.7 Å². The highest BCUT2D eigenvalue weighted by molar-refractivity contribution is 7.89. The second-order valence-corrected chi connectivity index (χ2v) is 11.5. The van der Waals surface area contributed by atoms with Crippen molar-refractivity contribution in [3.63, 3.8) is 0 Å². The Morgan fingerprint density at radius 1 is 1.19 bits per heavy atom. The summed E-state index contributed by atoms with van der Waals surface area (Å²) in [4.78, 5) is -0.105. The maximum atomic E-state index is 13.6. The number of aliphatic hydroxyl groups excluding tert-OH is 1. The van der Waals surface area contributed by atoms with E-state index in [9.17, 15) is 22.3 Å². The van der Waals surface area contributed by atoms with E-state index >= 15 is 0 Å². The van der Waals surface area contributed by atoms with Crippen molar-refractivity contribution >= 4 is 27.3 Å². The Morgan fingerprint density at radius 3 is 2.64 bits per heavy atom. The molecule has 2 aromatic carbocycles. The van der Waals surface area contributed by atoms with Crippen molar-refractivity contribution in [3.05, 3.63) is 93.8 Å². The third-order valence-electron chi connectivity index (χ3n) is 7.09. The number of benzene rings is 2. The number of nitrogens with zero attached hydrogens (tertiary/aromatic N) is 2. The molecule has 10 heteroatoms. The van der Waals surface area contributed by atoms with Gasteiger partial charge in [0.25, 0.3) is 0 Å². The number of hydrazine groups is 1. The number of aliphatic hydroxyl groups is 1.